The standard InChI is InChI=1S/C26H42O9/c1-16(13-23(30)33-11-9-7-5-4-6-8-10-22(28)29)12-20-25(32)24(31)19(15-34-20)14-21-26(35-21)17(2)18(3)27/h13,17-21,25-27,32H,4-12,14-15H2,1-3H3,(H,28,29)/p-1/b16-13+/t17-,18-,19-,20-,21?,25-,26?/m0/s1. The van der Waals surface area contributed by atoms with E-state index in [1.54, 1.807) is 13.8 Å². The van der Waals surface area contributed by atoms with E-state index in [0.717, 1.165) is 32.1 Å². The van der Waals surface area contributed by atoms with Crippen LogP contribution in [0.4, 0.5) is 0 Å². The molecule has 2 heterocycles. The number of ether oxygens (including phenoxy) is 3. The molecule has 0 aromatic rings. The van der Waals surface area contributed by atoms with Crippen LogP contribution in [0, 0.1) is 11.8 Å². The minimum Gasteiger partial charge on any atom is -0.550 e. The highest BCUT2D eigenvalue weighted by Gasteiger charge is 2.48. The van der Waals surface area contributed by atoms with Gasteiger partial charge < -0.3 is 34.3 Å². The van der Waals surface area contributed by atoms with Gasteiger partial charge in [-0.15, -0.1) is 0 Å². The van der Waals surface area contributed by atoms with E-state index in [1.165, 1.54) is 6.08 Å². The number of hydrogen-bond donors (Lipinski definition) is 2. The van der Waals surface area contributed by atoms with E-state index in [0.29, 0.717) is 25.0 Å². The van der Waals surface area contributed by atoms with E-state index in [-0.39, 0.29) is 43.4 Å². The number of hydrogen-bond acceptors (Lipinski definition) is 9. The minimum absolute atomic E-state index is 0.0155. The molecule has 0 saturated carbocycles. The van der Waals surface area contributed by atoms with Crippen LogP contribution in [-0.4, -0.2) is 71.7 Å². The van der Waals surface area contributed by atoms with Crippen molar-refractivity contribution in [2.24, 2.45) is 11.8 Å². The van der Waals surface area contributed by atoms with Gasteiger partial charge in [0.05, 0.1) is 37.6 Å². The normalized spacial score (nSPS) is 28.4. The molecule has 0 bridgehead atoms. The number of Topliss-reactive ketones (excluding diaryl/α,β-unsaturated/α-hetero) is 1. The second-order valence-electron chi connectivity index (χ2n) is 10.00. The molecule has 0 aromatic heterocycles. The highest BCUT2D eigenvalue weighted by atomic mass is 16.6. The molecule has 7 atom stereocenters. The Balaban J connectivity index is 1.62. The summed E-state index contributed by atoms with van der Waals surface area (Å²) in [5.41, 5.74) is 0.662. The van der Waals surface area contributed by atoms with Gasteiger partial charge in [-0.25, -0.2) is 4.79 Å². The zero-order valence-corrected chi connectivity index (χ0v) is 21.1. The van der Waals surface area contributed by atoms with Gasteiger partial charge in [0.15, 0.2) is 5.78 Å². The molecule has 35 heavy (non-hydrogen) atoms. The quantitative estimate of drug-likeness (QED) is 0.140. The summed E-state index contributed by atoms with van der Waals surface area (Å²) in [6.45, 7) is 5.86. The highest BCUT2D eigenvalue weighted by Crippen LogP contribution is 2.37. The monoisotopic (exact) mass is 497 g/mol. The molecular formula is C26H41O9-. The minimum atomic E-state index is -1.26. The molecule has 2 rings (SSSR count). The SMILES string of the molecule is C/C(=C\C(=O)OCCCCCCCCC(=O)[O-])C[C@@H]1OC[C@H](CC2OC2[C@@H](C)[C@H](C)O)C(=O)[C@H]1O. The van der Waals surface area contributed by atoms with Crippen molar-refractivity contribution in [2.45, 2.75) is 109 Å². The van der Waals surface area contributed by atoms with Crippen molar-refractivity contribution in [2.75, 3.05) is 13.2 Å². The molecule has 2 fully saturated rings. The molecule has 2 N–H and O–H groups in total. The predicted molar refractivity (Wildman–Crippen MR) is 125 cm³/mol. The van der Waals surface area contributed by atoms with Gasteiger partial charge in [-0.1, -0.05) is 38.2 Å². The number of unbranched alkanes of at least 4 members (excludes halogenated alkanes) is 5. The molecule has 0 amide bonds. The first-order valence-corrected chi connectivity index (χ1v) is 12.8. The Bertz CT molecular complexity index is 732. The first kappa shape index (κ1) is 29.4. The number of epoxide rings is 1. The zero-order chi connectivity index (χ0) is 26.0. The van der Waals surface area contributed by atoms with Gasteiger partial charge in [-0.3, -0.25) is 4.79 Å². The number of esters is 1. The first-order valence-electron chi connectivity index (χ1n) is 12.8. The van der Waals surface area contributed by atoms with Crippen LogP contribution < -0.4 is 5.11 Å². The third-order valence-electron chi connectivity index (χ3n) is 6.88. The van der Waals surface area contributed by atoms with Crippen LogP contribution in [-0.2, 0) is 28.6 Å². The molecule has 2 aliphatic heterocycles. The lowest BCUT2D eigenvalue weighted by Gasteiger charge is -2.32. The summed E-state index contributed by atoms with van der Waals surface area (Å²) >= 11 is 0. The van der Waals surface area contributed by atoms with E-state index in [4.69, 9.17) is 14.2 Å². The lowest BCUT2D eigenvalue weighted by atomic mass is 9.87. The van der Waals surface area contributed by atoms with Gasteiger partial charge in [-0.2, -0.15) is 0 Å². The summed E-state index contributed by atoms with van der Waals surface area (Å²) in [7, 11) is 0. The second kappa shape index (κ2) is 14.7. The van der Waals surface area contributed by atoms with Gasteiger partial charge in [0, 0.05) is 23.9 Å². The van der Waals surface area contributed by atoms with E-state index in [9.17, 15) is 29.7 Å². The average molecular weight is 498 g/mol. The maximum absolute atomic E-state index is 12.7. The molecule has 9 heteroatoms. The third-order valence-corrected chi connectivity index (χ3v) is 6.88. The van der Waals surface area contributed by atoms with Crippen LogP contribution in [0.5, 0.6) is 0 Å². The van der Waals surface area contributed by atoms with E-state index >= 15 is 0 Å². The van der Waals surface area contributed by atoms with Crippen molar-refractivity contribution in [1.29, 1.82) is 0 Å². The van der Waals surface area contributed by atoms with Crippen molar-refractivity contribution in [3.8, 4) is 0 Å². The number of ketones is 1. The Morgan fingerprint density at radius 2 is 1.80 bits per heavy atom. The van der Waals surface area contributed by atoms with Crippen molar-refractivity contribution in [1.82, 2.24) is 0 Å². The van der Waals surface area contributed by atoms with Crippen LogP contribution in [0.15, 0.2) is 11.6 Å². The first-order chi connectivity index (χ1) is 16.6. The summed E-state index contributed by atoms with van der Waals surface area (Å²) in [5.74, 6) is -2.20. The maximum atomic E-state index is 12.7. The Labute approximate surface area is 207 Å². The Hall–Kier alpha value is -1.81. The van der Waals surface area contributed by atoms with Crippen LogP contribution in [0.2, 0.25) is 0 Å². The summed E-state index contributed by atoms with van der Waals surface area (Å²) in [4.78, 5) is 35.0. The topological polar surface area (TPSA) is 146 Å². The largest absolute Gasteiger partial charge is 0.550 e. The van der Waals surface area contributed by atoms with E-state index in [1.807, 2.05) is 6.92 Å². The van der Waals surface area contributed by atoms with Gasteiger partial charge >= 0.3 is 5.97 Å². The number of aliphatic hydroxyl groups excluding tert-OH is 2. The average Bonchev–Trinajstić information content (AvgIpc) is 3.55. The lowest BCUT2D eigenvalue weighted by molar-refractivity contribution is -0.305. The fraction of sp³-hybridized carbons (Fsp3) is 0.808. The van der Waals surface area contributed by atoms with Crippen LogP contribution in [0.3, 0.4) is 0 Å². The zero-order valence-electron chi connectivity index (χ0n) is 21.1. The predicted octanol–water partition coefficient (Wildman–Crippen LogP) is 1.47. The lowest BCUT2D eigenvalue weighted by Crippen LogP contribution is -2.47. The highest BCUT2D eigenvalue weighted by molar-refractivity contribution is 5.87. The van der Waals surface area contributed by atoms with Crippen molar-refractivity contribution in [3.05, 3.63) is 11.6 Å². The molecule has 200 valence electrons. The molecule has 2 unspecified atom stereocenters. The fourth-order valence-corrected chi connectivity index (χ4v) is 4.43. The summed E-state index contributed by atoms with van der Waals surface area (Å²) in [6.07, 6.45) is 4.58. The third kappa shape index (κ3) is 10.4. The van der Waals surface area contributed by atoms with Crippen LogP contribution in [0.25, 0.3) is 0 Å². The second-order valence-corrected chi connectivity index (χ2v) is 10.00. The molecule has 0 aliphatic carbocycles. The summed E-state index contributed by atoms with van der Waals surface area (Å²) in [5, 5.41) is 30.5. The number of aliphatic hydroxyl groups is 2. The van der Waals surface area contributed by atoms with Crippen molar-refractivity contribution in [3.63, 3.8) is 0 Å². The molecule has 2 saturated heterocycles. The van der Waals surface area contributed by atoms with Gasteiger partial charge in [0.2, 0.25) is 0 Å². The number of carboxylic acid groups (broad SMARTS) is 1. The summed E-state index contributed by atoms with van der Waals surface area (Å²) in [6, 6.07) is 0. The summed E-state index contributed by atoms with van der Waals surface area (Å²) < 4.78 is 16.6. The fourth-order valence-electron chi connectivity index (χ4n) is 4.43. The van der Waals surface area contributed by atoms with Crippen molar-refractivity contribution < 1.29 is 43.9 Å². The van der Waals surface area contributed by atoms with Crippen molar-refractivity contribution >= 4 is 17.7 Å². The van der Waals surface area contributed by atoms with Crippen LogP contribution >= 0.6 is 0 Å². The van der Waals surface area contributed by atoms with Gasteiger partial charge in [-0.05, 0) is 46.0 Å². The van der Waals surface area contributed by atoms with Gasteiger partial charge in [0.25, 0.3) is 0 Å². The Kier molecular flexibility index (Phi) is 12.3. The molecular weight excluding hydrogens is 456 g/mol. The Morgan fingerprint density at radius 1 is 1.14 bits per heavy atom. The van der Waals surface area contributed by atoms with Crippen LogP contribution in [0.1, 0.15) is 78.6 Å². The number of carbonyl (C=O) groups excluding carboxylic acids is 3. The number of carboxylic acids is 1. The molecule has 9 nitrogen and oxygen atoms in total. The molecule has 0 radical (unpaired) electrons. The maximum Gasteiger partial charge on any atom is 0.330 e. The molecule has 0 spiro atoms. The number of aliphatic carboxylic acids is 1. The molecule has 2 aliphatic rings. The smallest absolute Gasteiger partial charge is 0.330 e. The van der Waals surface area contributed by atoms with Gasteiger partial charge in [0.1, 0.15) is 6.10 Å². The Morgan fingerprint density at radius 3 is 2.46 bits per heavy atom. The number of carbonyl (C=O) groups is 3. The van der Waals surface area contributed by atoms with E-state index in [2.05, 4.69) is 0 Å². The molecule has 0 aromatic carbocycles. The van der Waals surface area contributed by atoms with E-state index < -0.39 is 36.2 Å². The number of rotatable bonds is 16.